The maximum absolute atomic E-state index is 12.0. The summed E-state index contributed by atoms with van der Waals surface area (Å²) in [5.74, 6) is 1.84. The zero-order valence-electron chi connectivity index (χ0n) is 11.9. The maximum Gasteiger partial charge on any atom is 0.270 e. The molecule has 0 atom stereocenters. The van der Waals surface area contributed by atoms with Crippen molar-refractivity contribution in [1.82, 2.24) is 15.3 Å². The van der Waals surface area contributed by atoms with Crippen LogP contribution in [0.1, 0.15) is 49.4 Å². The number of carbonyl (C=O) groups excluding carboxylic acids is 1. The highest BCUT2D eigenvalue weighted by Gasteiger charge is 2.22. The van der Waals surface area contributed by atoms with E-state index in [2.05, 4.69) is 34.4 Å². The second kappa shape index (κ2) is 5.99. The van der Waals surface area contributed by atoms with Crippen LogP contribution < -0.4 is 10.6 Å². The molecule has 2 N–H and O–H groups in total. The number of anilines is 1. The largest absolute Gasteiger partial charge is 0.367 e. The highest BCUT2D eigenvalue weighted by atomic mass is 16.1. The standard InChI is InChI=1S/C14H22N4O/c1-9(2)6-7-15-14(19)12-8-13(17-10(3)16-12)18-11-4-5-11/h8-9,11H,4-7H2,1-3H3,(H,15,19)(H,16,17,18). The van der Waals surface area contributed by atoms with Gasteiger partial charge in [0.2, 0.25) is 0 Å². The summed E-state index contributed by atoms with van der Waals surface area (Å²) in [5, 5.41) is 6.19. The van der Waals surface area contributed by atoms with Gasteiger partial charge in [0.1, 0.15) is 17.3 Å². The number of aromatic nitrogens is 2. The number of aryl methyl sites for hydroxylation is 1. The Kier molecular flexibility index (Phi) is 4.35. The summed E-state index contributed by atoms with van der Waals surface area (Å²) in [6.07, 6.45) is 3.33. The van der Waals surface area contributed by atoms with Gasteiger partial charge in [0.15, 0.2) is 0 Å². The molecule has 5 heteroatoms. The normalized spacial score (nSPS) is 14.5. The van der Waals surface area contributed by atoms with Gasteiger partial charge in [0, 0.05) is 18.7 Å². The van der Waals surface area contributed by atoms with Gasteiger partial charge >= 0.3 is 0 Å². The second-order valence-electron chi connectivity index (χ2n) is 5.54. The first kappa shape index (κ1) is 13.8. The van der Waals surface area contributed by atoms with E-state index in [1.807, 2.05) is 6.92 Å². The van der Waals surface area contributed by atoms with Crippen molar-refractivity contribution in [3.05, 3.63) is 17.6 Å². The molecule has 0 aliphatic heterocycles. The third-order valence-electron chi connectivity index (χ3n) is 3.01. The molecule has 104 valence electrons. The van der Waals surface area contributed by atoms with Crippen LogP contribution in [0.5, 0.6) is 0 Å². The molecule has 1 saturated carbocycles. The number of amides is 1. The van der Waals surface area contributed by atoms with E-state index in [1.165, 1.54) is 12.8 Å². The van der Waals surface area contributed by atoms with E-state index in [0.29, 0.717) is 30.0 Å². The first-order chi connectivity index (χ1) is 9.04. The molecule has 1 heterocycles. The van der Waals surface area contributed by atoms with Crippen LogP contribution >= 0.6 is 0 Å². The lowest BCUT2D eigenvalue weighted by Gasteiger charge is -2.09. The Morgan fingerprint density at radius 3 is 2.79 bits per heavy atom. The Balaban J connectivity index is 1.97. The van der Waals surface area contributed by atoms with Gasteiger partial charge in [-0.25, -0.2) is 9.97 Å². The highest BCUT2D eigenvalue weighted by Crippen LogP contribution is 2.23. The molecule has 1 amide bonds. The Morgan fingerprint density at radius 2 is 2.16 bits per heavy atom. The van der Waals surface area contributed by atoms with E-state index in [9.17, 15) is 4.79 Å². The molecule has 0 bridgehead atoms. The third-order valence-corrected chi connectivity index (χ3v) is 3.01. The summed E-state index contributed by atoms with van der Waals surface area (Å²) in [6.45, 7) is 6.77. The van der Waals surface area contributed by atoms with Gasteiger partial charge in [-0.1, -0.05) is 13.8 Å². The molecule has 0 aromatic carbocycles. The number of rotatable bonds is 6. The summed E-state index contributed by atoms with van der Waals surface area (Å²) >= 11 is 0. The first-order valence-corrected chi connectivity index (χ1v) is 6.95. The van der Waals surface area contributed by atoms with Gasteiger partial charge in [-0.15, -0.1) is 0 Å². The highest BCUT2D eigenvalue weighted by molar-refractivity contribution is 5.92. The van der Waals surface area contributed by atoms with Gasteiger partial charge in [0.05, 0.1) is 0 Å². The lowest BCUT2D eigenvalue weighted by molar-refractivity contribution is 0.0946. The number of nitrogens with one attached hydrogen (secondary N) is 2. The van der Waals surface area contributed by atoms with Crippen LogP contribution in [0.25, 0.3) is 0 Å². The molecule has 0 saturated heterocycles. The van der Waals surface area contributed by atoms with Gasteiger partial charge in [0.25, 0.3) is 5.91 Å². The van der Waals surface area contributed by atoms with Crippen molar-refractivity contribution in [2.24, 2.45) is 5.92 Å². The second-order valence-corrected chi connectivity index (χ2v) is 5.54. The molecule has 0 radical (unpaired) electrons. The quantitative estimate of drug-likeness (QED) is 0.824. The van der Waals surface area contributed by atoms with Crippen LogP contribution in [0.3, 0.4) is 0 Å². The summed E-state index contributed by atoms with van der Waals surface area (Å²) in [6, 6.07) is 2.25. The SMILES string of the molecule is Cc1nc(NC2CC2)cc(C(=O)NCCC(C)C)n1. The van der Waals surface area contributed by atoms with Gasteiger partial charge < -0.3 is 10.6 Å². The van der Waals surface area contributed by atoms with Crippen molar-refractivity contribution in [3.8, 4) is 0 Å². The van der Waals surface area contributed by atoms with Gasteiger partial charge in [-0.2, -0.15) is 0 Å². The van der Waals surface area contributed by atoms with Crippen molar-refractivity contribution in [1.29, 1.82) is 0 Å². The minimum Gasteiger partial charge on any atom is -0.367 e. The summed E-state index contributed by atoms with van der Waals surface area (Å²) in [4.78, 5) is 20.5. The van der Waals surface area contributed by atoms with Crippen LogP contribution in [-0.2, 0) is 0 Å². The lowest BCUT2D eigenvalue weighted by Crippen LogP contribution is -2.26. The van der Waals surface area contributed by atoms with Crippen LogP contribution in [-0.4, -0.2) is 28.5 Å². The van der Waals surface area contributed by atoms with Crippen LogP contribution in [0.2, 0.25) is 0 Å². The fourth-order valence-electron chi connectivity index (χ4n) is 1.76. The number of carbonyl (C=O) groups is 1. The third kappa shape index (κ3) is 4.50. The smallest absolute Gasteiger partial charge is 0.270 e. The zero-order valence-corrected chi connectivity index (χ0v) is 11.9. The Labute approximate surface area is 114 Å². The van der Waals surface area contributed by atoms with E-state index in [-0.39, 0.29) is 5.91 Å². The van der Waals surface area contributed by atoms with E-state index in [4.69, 9.17) is 0 Å². The van der Waals surface area contributed by atoms with Crippen LogP contribution in [0.15, 0.2) is 6.07 Å². The molecule has 19 heavy (non-hydrogen) atoms. The predicted octanol–water partition coefficient (Wildman–Crippen LogP) is 2.14. The Hall–Kier alpha value is -1.65. The molecule has 1 fully saturated rings. The fourth-order valence-corrected chi connectivity index (χ4v) is 1.76. The molecule has 2 rings (SSSR count). The topological polar surface area (TPSA) is 66.9 Å². The van der Waals surface area contributed by atoms with Crippen molar-refractivity contribution in [2.75, 3.05) is 11.9 Å². The average molecular weight is 262 g/mol. The molecule has 0 spiro atoms. The summed E-state index contributed by atoms with van der Waals surface area (Å²) in [7, 11) is 0. The van der Waals surface area contributed by atoms with Gasteiger partial charge in [-0.05, 0) is 32.1 Å². The molecule has 1 aliphatic rings. The zero-order chi connectivity index (χ0) is 13.8. The van der Waals surface area contributed by atoms with E-state index < -0.39 is 0 Å². The molecule has 1 aromatic heterocycles. The molecule has 1 aliphatic carbocycles. The maximum atomic E-state index is 12.0. The number of hydrogen-bond donors (Lipinski definition) is 2. The van der Waals surface area contributed by atoms with E-state index in [1.54, 1.807) is 6.07 Å². The minimum absolute atomic E-state index is 0.120. The molecule has 1 aromatic rings. The van der Waals surface area contributed by atoms with Crippen molar-refractivity contribution >= 4 is 11.7 Å². The number of nitrogens with zero attached hydrogens (tertiary/aromatic N) is 2. The Bertz CT molecular complexity index is 455. The first-order valence-electron chi connectivity index (χ1n) is 6.95. The molecular formula is C14H22N4O. The van der Waals surface area contributed by atoms with Crippen molar-refractivity contribution < 1.29 is 4.79 Å². The summed E-state index contributed by atoms with van der Waals surface area (Å²) in [5.41, 5.74) is 0.444. The van der Waals surface area contributed by atoms with E-state index in [0.717, 1.165) is 12.2 Å². The van der Waals surface area contributed by atoms with Crippen LogP contribution in [0.4, 0.5) is 5.82 Å². The van der Waals surface area contributed by atoms with Crippen LogP contribution in [0, 0.1) is 12.8 Å². The van der Waals surface area contributed by atoms with E-state index >= 15 is 0 Å². The van der Waals surface area contributed by atoms with Crippen molar-refractivity contribution in [3.63, 3.8) is 0 Å². The van der Waals surface area contributed by atoms with Gasteiger partial charge in [-0.3, -0.25) is 4.79 Å². The minimum atomic E-state index is -0.120. The monoisotopic (exact) mass is 262 g/mol. The Morgan fingerprint density at radius 1 is 1.42 bits per heavy atom. The molecule has 5 nitrogen and oxygen atoms in total. The average Bonchev–Trinajstić information content (AvgIpc) is 3.11. The lowest BCUT2D eigenvalue weighted by atomic mass is 10.1. The molecular weight excluding hydrogens is 240 g/mol. The predicted molar refractivity (Wildman–Crippen MR) is 75.2 cm³/mol. The summed E-state index contributed by atoms with van der Waals surface area (Å²) < 4.78 is 0. The van der Waals surface area contributed by atoms with Crippen molar-refractivity contribution in [2.45, 2.75) is 46.1 Å². The molecule has 0 unspecified atom stereocenters. The number of hydrogen-bond acceptors (Lipinski definition) is 4. The fraction of sp³-hybridized carbons (Fsp3) is 0.643.